The van der Waals surface area contributed by atoms with Crippen molar-refractivity contribution in [2.75, 3.05) is 13.2 Å². The fourth-order valence-electron chi connectivity index (χ4n) is 9.70. The van der Waals surface area contributed by atoms with E-state index in [-0.39, 0.29) is 37.5 Å². The fourth-order valence-corrected chi connectivity index (χ4v) is 9.70. The molecule has 0 aromatic heterocycles. The van der Waals surface area contributed by atoms with Crippen molar-refractivity contribution in [2.45, 2.75) is 341 Å². The zero-order chi connectivity index (χ0) is 57.8. The lowest BCUT2D eigenvalue weighted by Crippen LogP contribution is -2.30. The Kier molecular flexibility index (Phi) is 64.7. The molecule has 0 N–H and O–H groups in total. The third-order valence-corrected chi connectivity index (χ3v) is 14.8. The van der Waals surface area contributed by atoms with E-state index in [0.29, 0.717) is 19.3 Å². The molecule has 0 aliphatic rings. The van der Waals surface area contributed by atoms with Gasteiger partial charge in [-0.25, -0.2) is 0 Å². The lowest BCUT2D eigenvalue weighted by atomic mass is 10.0. The van der Waals surface area contributed by atoms with Crippen LogP contribution in [-0.4, -0.2) is 37.2 Å². The summed E-state index contributed by atoms with van der Waals surface area (Å²) in [6.45, 7) is 6.48. The van der Waals surface area contributed by atoms with Crippen LogP contribution in [-0.2, 0) is 28.6 Å². The second-order valence-electron chi connectivity index (χ2n) is 22.7. The lowest BCUT2D eigenvalue weighted by Gasteiger charge is -2.18. The van der Waals surface area contributed by atoms with E-state index in [1.165, 1.54) is 173 Å². The molecular weight excluding hydrogens is 985 g/mol. The minimum atomic E-state index is -0.808. The molecular formula is C74H128O6. The number of unbranched alkanes of at least 4 members (excludes halogenated alkanes) is 35. The third-order valence-electron chi connectivity index (χ3n) is 14.8. The molecule has 80 heavy (non-hydrogen) atoms. The Morgan fingerprint density at radius 3 is 0.825 bits per heavy atom. The van der Waals surface area contributed by atoms with Gasteiger partial charge in [-0.05, 0) is 96.3 Å². The number of esters is 3. The molecule has 0 bridgehead atoms. The van der Waals surface area contributed by atoms with Crippen molar-refractivity contribution in [2.24, 2.45) is 0 Å². The molecule has 1 atom stereocenters. The first-order valence-electron chi connectivity index (χ1n) is 34.2. The van der Waals surface area contributed by atoms with E-state index >= 15 is 0 Å². The van der Waals surface area contributed by atoms with Crippen molar-refractivity contribution in [3.63, 3.8) is 0 Å². The largest absolute Gasteiger partial charge is 0.462 e. The van der Waals surface area contributed by atoms with Gasteiger partial charge in [0.15, 0.2) is 6.10 Å². The summed E-state index contributed by atoms with van der Waals surface area (Å²) in [5, 5.41) is 0. The van der Waals surface area contributed by atoms with Crippen LogP contribution in [0.5, 0.6) is 0 Å². The molecule has 0 fully saturated rings. The van der Waals surface area contributed by atoms with Crippen molar-refractivity contribution < 1.29 is 28.6 Å². The van der Waals surface area contributed by atoms with E-state index in [9.17, 15) is 14.4 Å². The summed E-state index contributed by atoms with van der Waals surface area (Å²) in [6.07, 6.45) is 91.5. The number of ether oxygens (including phenoxy) is 3. The quantitative estimate of drug-likeness (QED) is 0.0261. The molecule has 0 aliphatic carbocycles. The molecule has 460 valence electrons. The Balaban J connectivity index is 4.34. The molecule has 0 aromatic carbocycles. The Morgan fingerprint density at radius 1 is 0.263 bits per heavy atom. The van der Waals surface area contributed by atoms with Crippen LogP contribution in [0.4, 0.5) is 0 Å². The Labute approximate surface area is 496 Å². The first-order valence-corrected chi connectivity index (χ1v) is 34.2. The van der Waals surface area contributed by atoms with Gasteiger partial charge in [-0.2, -0.15) is 0 Å². The van der Waals surface area contributed by atoms with Crippen LogP contribution in [0.15, 0.2) is 97.2 Å². The summed E-state index contributed by atoms with van der Waals surface area (Å²) in [6, 6.07) is 0. The summed E-state index contributed by atoms with van der Waals surface area (Å²) in [5.74, 6) is -0.943. The zero-order valence-corrected chi connectivity index (χ0v) is 52.8. The van der Waals surface area contributed by atoms with E-state index in [4.69, 9.17) is 14.2 Å². The monoisotopic (exact) mass is 1110 g/mol. The van der Waals surface area contributed by atoms with E-state index in [0.717, 1.165) is 116 Å². The van der Waals surface area contributed by atoms with Gasteiger partial charge in [-0.1, -0.05) is 317 Å². The van der Waals surface area contributed by atoms with Gasteiger partial charge in [0.05, 0.1) is 0 Å². The summed E-state index contributed by atoms with van der Waals surface area (Å²) >= 11 is 0. The molecule has 6 heteroatoms. The molecule has 0 radical (unpaired) electrons. The molecule has 0 aliphatic heterocycles. The van der Waals surface area contributed by atoms with Crippen molar-refractivity contribution in [1.82, 2.24) is 0 Å². The van der Waals surface area contributed by atoms with E-state index in [1.807, 2.05) is 0 Å². The third kappa shape index (κ3) is 65.1. The van der Waals surface area contributed by atoms with Gasteiger partial charge in [0, 0.05) is 19.3 Å². The van der Waals surface area contributed by atoms with E-state index in [2.05, 4.69) is 118 Å². The number of carbonyl (C=O) groups excluding carboxylic acids is 3. The Bertz CT molecular complexity index is 1560. The molecule has 0 saturated carbocycles. The highest BCUT2D eigenvalue weighted by molar-refractivity contribution is 5.71. The number of hydrogen-bond acceptors (Lipinski definition) is 6. The topological polar surface area (TPSA) is 78.9 Å². The number of carbonyl (C=O) groups is 3. The van der Waals surface area contributed by atoms with Gasteiger partial charge in [0.2, 0.25) is 0 Å². The van der Waals surface area contributed by atoms with Crippen LogP contribution in [0.25, 0.3) is 0 Å². The van der Waals surface area contributed by atoms with Gasteiger partial charge >= 0.3 is 17.9 Å². The van der Waals surface area contributed by atoms with E-state index < -0.39 is 6.10 Å². The minimum absolute atomic E-state index is 0.0977. The summed E-state index contributed by atoms with van der Waals surface area (Å²) in [7, 11) is 0. The van der Waals surface area contributed by atoms with Crippen LogP contribution in [0.2, 0.25) is 0 Å². The lowest BCUT2D eigenvalue weighted by molar-refractivity contribution is -0.167. The van der Waals surface area contributed by atoms with Gasteiger partial charge in [-0.3, -0.25) is 14.4 Å². The van der Waals surface area contributed by atoms with Crippen LogP contribution in [0, 0.1) is 0 Å². The predicted octanol–water partition coefficient (Wildman–Crippen LogP) is 23.6. The SMILES string of the molecule is CC/C=C\C/C=C\C/C=C\C/C=C\C/C=C\C/C=C\CCCCC(=O)OC(COC(=O)CCCCCCC/C=C\C/C=C\CCCC)COC(=O)CCCCCCCCCCCCCCCCCCCCCCCCCCCCC. The maximum absolute atomic E-state index is 12.9. The molecule has 0 heterocycles. The average Bonchev–Trinajstić information content (AvgIpc) is 3.46. The minimum Gasteiger partial charge on any atom is -0.462 e. The highest BCUT2D eigenvalue weighted by Gasteiger charge is 2.19. The normalized spacial score (nSPS) is 12.7. The number of rotatable bonds is 62. The van der Waals surface area contributed by atoms with Crippen LogP contribution < -0.4 is 0 Å². The Morgan fingerprint density at radius 2 is 0.500 bits per heavy atom. The maximum Gasteiger partial charge on any atom is 0.306 e. The molecule has 0 rings (SSSR count). The number of hydrogen-bond donors (Lipinski definition) is 0. The molecule has 0 amide bonds. The van der Waals surface area contributed by atoms with E-state index in [1.54, 1.807) is 0 Å². The Hall–Kier alpha value is -3.67. The molecule has 0 spiro atoms. The predicted molar refractivity (Wildman–Crippen MR) is 348 cm³/mol. The number of allylic oxidation sites excluding steroid dienone is 16. The van der Waals surface area contributed by atoms with Gasteiger partial charge in [0.1, 0.15) is 13.2 Å². The van der Waals surface area contributed by atoms with Crippen LogP contribution in [0.3, 0.4) is 0 Å². The summed E-state index contributed by atoms with van der Waals surface area (Å²) in [4.78, 5) is 38.4. The van der Waals surface area contributed by atoms with Crippen LogP contribution >= 0.6 is 0 Å². The second-order valence-corrected chi connectivity index (χ2v) is 22.7. The average molecular weight is 1110 g/mol. The van der Waals surface area contributed by atoms with Gasteiger partial charge in [0.25, 0.3) is 0 Å². The first kappa shape index (κ1) is 76.3. The van der Waals surface area contributed by atoms with Crippen molar-refractivity contribution in [3.05, 3.63) is 97.2 Å². The summed E-state index contributed by atoms with van der Waals surface area (Å²) in [5.41, 5.74) is 0. The molecule has 6 nitrogen and oxygen atoms in total. The van der Waals surface area contributed by atoms with Gasteiger partial charge < -0.3 is 14.2 Å². The molecule has 1 unspecified atom stereocenters. The highest BCUT2D eigenvalue weighted by atomic mass is 16.6. The molecule has 0 aromatic rings. The van der Waals surface area contributed by atoms with Crippen molar-refractivity contribution in [3.8, 4) is 0 Å². The highest BCUT2D eigenvalue weighted by Crippen LogP contribution is 2.17. The first-order chi connectivity index (χ1) is 39.5. The zero-order valence-electron chi connectivity index (χ0n) is 52.8. The second kappa shape index (κ2) is 67.8. The van der Waals surface area contributed by atoms with Crippen LogP contribution in [0.1, 0.15) is 335 Å². The standard InChI is InChI=1S/C74H128O6/c1-4-7-10-13-16-19-22-25-28-30-32-34-35-36-37-38-39-41-42-44-46-49-52-55-58-61-64-67-73(76)79-70-71(69-78-72(75)66-63-60-57-54-51-48-27-24-21-18-15-12-9-6-3)80-74(77)68-65-62-59-56-53-50-47-45-43-40-33-31-29-26-23-20-17-14-11-8-5-2/h8,11,15,17-18,20,24,26-27,29,33,40,45,47,53,56,71H,4-7,9-10,12-14,16,19,21-23,25,28,30-32,34-39,41-44,46,48-52,54-55,57-70H2,1-3H3/b11-8-,18-15-,20-17-,27-24-,29-26-,40-33-,47-45-,56-53-. The van der Waals surface area contributed by atoms with Gasteiger partial charge in [-0.15, -0.1) is 0 Å². The maximum atomic E-state index is 12.9. The van der Waals surface area contributed by atoms with Crippen molar-refractivity contribution >= 4 is 17.9 Å². The van der Waals surface area contributed by atoms with Crippen molar-refractivity contribution in [1.29, 1.82) is 0 Å². The summed E-state index contributed by atoms with van der Waals surface area (Å²) < 4.78 is 16.9. The smallest absolute Gasteiger partial charge is 0.306 e. The molecule has 0 saturated heterocycles. The fraction of sp³-hybridized carbons (Fsp3) is 0.743.